The lowest BCUT2D eigenvalue weighted by atomic mass is 10.1. The summed E-state index contributed by atoms with van der Waals surface area (Å²) in [5, 5.41) is 0. The first-order chi connectivity index (χ1) is 12.9. The molecule has 3 rings (SSSR count). The molecule has 0 N–H and O–H groups in total. The summed E-state index contributed by atoms with van der Waals surface area (Å²) in [7, 11) is -2.74. The Morgan fingerprint density at radius 2 is 1.37 bits per heavy atom. The fourth-order valence-corrected chi connectivity index (χ4v) is 3.85. The quantitative estimate of drug-likeness (QED) is 0.581. The summed E-state index contributed by atoms with van der Waals surface area (Å²) in [5.74, 6) is -1.36. The zero-order valence-electron chi connectivity index (χ0n) is 14.4. The molecule has 0 aliphatic rings. The molecular weight excluding hydrogens is 370 g/mol. The minimum atomic E-state index is -4.01. The molecule has 0 spiro atoms. The molecule has 138 valence electrons. The Balaban J connectivity index is 1.87. The third-order valence-corrected chi connectivity index (χ3v) is 5.75. The van der Waals surface area contributed by atoms with E-state index >= 15 is 0 Å². The molecule has 0 bridgehead atoms. The predicted molar refractivity (Wildman–Crippen MR) is 100 cm³/mol. The van der Waals surface area contributed by atoms with Gasteiger partial charge in [-0.15, -0.1) is 0 Å². The smallest absolute Gasteiger partial charge is 0.209 e. The van der Waals surface area contributed by atoms with E-state index in [0.29, 0.717) is 0 Å². The van der Waals surface area contributed by atoms with Crippen LogP contribution in [-0.2, 0) is 9.84 Å². The van der Waals surface area contributed by atoms with E-state index < -0.39 is 20.5 Å². The molecule has 0 radical (unpaired) electrons. The lowest BCUT2D eigenvalue weighted by molar-refractivity contribution is 0.380. The normalized spacial score (nSPS) is 11.7. The highest BCUT2D eigenvalue weighted by Gasteiger charge is 2.23. The van der Waals surface area contributed by atoms with E-state index in [-0.39, 0.29) is 16.5 Å². The Morgan fingerprint density at radius 3 is 1.93 bits per heavy atom. The van der Waals surface area contributed by atoms with Crippen LogP contribution in [0.4, 0.5) is 8.78 Å². The van der Waals surface area contributed by atoms with E-state index in [1.807, 2.05) is 0 Å². The van der Waals surface area contributed by atoms with Gasteiger partial charge in [-0.25, -0.2) is 17.2 Å². The van der Waals surface area contributed by atoms with Gasteiger partial charge in [-0.1, -0.05) is 42.5 Å². The lowest BCUT2D eigenvalue weighted by Gasteiger charge is -2.09. The van der Waals surface area contributed by atoms with Crippen molar-refractivity contribution in [3.63, 3.8) is 0 Å². The first-order valence-electron chi connectivity index (χ1n) is 8.03. The topological polar surface area (TPSA) is 43.4 Å². The Labute approximate surface area is 156 Å². The van der Waals surface area contributed by atoms with Crippen molar-refractivity contribution >= 4 is 22.0 Å². The second-order valence-corrected chi connectivity index (χ2v) is 7.65. The minimum absolute atomic E-state index is 0.0198. The molecule has 0 unspecified atom stereocenters. The third kappa shape index (κ3) is 4.06. The molecule has 0 heterocycles. The number of hydrogen-bond acceptors (Lipinski definition) is 3. The number of methoxy groups -OCH3 is 1. The number of sulfone groups is 1. The monoisotopic (exact) mass is 386 g/mol. The van der Waals surface area contributed by atoms with Crippen LogP contribution in [0.5, 0.6) is 5.75 Å². The molecule has 6 heteroatoms. The summed E-state index contributed by atoms with van der Waals surface area (Å²) in [6.07, 6.45) is 3.56. The van der Waals surface area contributed by atoms with Crippen molar-refractivity contribution in [2.75, 3.05) is 7.11 Å². The summed E-state index contributed by atoms with van der Waals surface area (Å²) in [6.45, 7) is 0. The maximum Gasteiger partial charge on any atom is 0.209 e. The van der Waals surface area contributed by atoms with Gasteiger partial charge in [0.2, 0.25) is 9.84 Å². The molecule has 0 amide bonds. The van der Waals surface area contributed by atoms with Crippen LogP contribution in [0.25, 0.3) is 12.2 Å². The first-order valence-corrected chi connectivity index (χ1v) is 9.51. The zero-order chi connectivity index (χ0) is 19.4. The summed E-state index contributed by atoms with van der Waals surface area (Å²) in [5.41, 5.74) is 1.57. The van der Waals surface area contributed by atoms with Crippen LogP contribution in [0.1, 0.15) is 11.1 Å². The highest BCUT2D eigenvalue weighted by atomic mass is 32.2. The van der Waals surface area contributed by atoms with Gasteiger partial charge in [0.15, 0.2) is 11.6 Å². The molecule has 0 aliphatic carbocycles. The largest absolute Gasteiger partial charge is 0.494 e. The van der Waals surface area contributed by atoms with Crippen LogP contribution in [-0.4, -0.2) is 15.5 Å². The summed E-state index contributed by atoms with van der Waals surface area (Å²) >= 11 is 0. The highest BCUT2D eigenvalue weighted by Crippen LogP contribution is 2.28. The van der Waals surface area contributed by atoms with Gasteiger partial charge in [0.1, 0.15) is 10.7 Å². The Hall–Kier alpha value is -2.99. The SMILES string of the molecule is COc1cccc(S(=O)(=O)c2ccc(/C=C/c3ccc(F)cc3)cc2)c1F. The average Bonchev–Trinajstić information content (AvgIpc) is 2.68. The minimum Gasteiger partial charge on any atom is -0.494 e. The molecule has 27 heavy (non-hydrogen) atoms. The Kier molecular flexibility index (Phi) is 5.37. The zero-order valence-corrected chi connectivity index (χ0v) is 15.2. The Morgan fingerprint density at radius 1 is 0.815 bits per heavy atom. The summed E-state index contributed by atoms with van der Waals surface area (Å²) in [4.78, 5) is -0.454. The Bertz CT molecular complexity index is 1070. The molecule has 0 aromatic heterocycles. The molecular formula is C21H16F2O3S. The van der Waals surface area contributed by atoms with Crippen molar-refractivity contribution in [1.29, 1.82) is 0 Å². The van der Waals surface area contributed by atoms with Gasteiger partial charge >= 0.3 is 0 Å². The maximum atomic E-state index is 14.3. The van der Waals surface area contributed by atoms with Crippen LogP contribution >= 0.6 is 0 Å². The molecule has 3 nitrogen and oxygen atoms in total. The fraction of sp³-hybridized carbons (Fsp3) is 0.0476. The van der Waals surface area contributed by atoms with Crippen molar-refractivity contribution in [2.24, 2.45) is 0 Å². The van der Waals surface area contributed by atoms with Gasteiger partial charge in [-0.05, 0) is 47.5 Å². The number of halogens is 2. The van der Waals surface area contributed by atoms with Crippen LogP contribution in [0.3, 0.4) is 0 Å². The number of benzene rings is 3. The van der Waals surface area contributed by atoms with Gasteiger partial charge in [-0.2, -0.15) is 0 Å². The first kappa shape index (κ1) is 18.8. The van der Waals surface area contributed by atoms with E-state index in [0.717, 1.165) is 11.1 Å². The predicted octanol–water partition coefficient (Wildman–Crippen LogP) is 4.98. The van der Waals surface area contributed by atoms with Crippen LogP contribution in [0.2, 0.25) is 0 Å². The van der Waals surface area contributed by atoms with Crippen molar-refractivity contribution < 1.29 is 21.9 Å². The van der Waals surface area contributed by atoms with Crippen LogP contribution in [0, 0.1) is 11.6 Å². The summed E-state index contributed by atoms with van der Waals surface area (Å²) in [6, 6.07) is 16.0. The maximum absolute atomic E-state index is 14.3. The van der Waals surface area contributed by atoms with Crippen molar-refractivity contribution in [1.82, 2.24) is 0 Å². The van der Waals surface area contributed by atoms with Crippen LogP contribution < -0.4 is 4.74 Å². The molecule has 0 saturated carbocycles. The third-order valence-electron chi connectivity index (χ3n) is 3.97. The molecule has 0 fully saturated rings. The van der Waals surface area contributed by atoms with E-state index in [9.17, 15) is 17.2 Å². The van der Waals surface area contributed by atoms with Gasteiger partial charge in [0, 0.05) is 0 Å². The van der Waals surface area contributed by atoms with Gasteiger partial charge in [0.05, 0.1) is 12.0 Å². The standard InChI is InChI=1S/C21H16F2O3S/c1-26-19-3-2-4-20(21(19)23)27(24,25)18-13-9-16(10-14-18)6-5-15-7-11-17(22)12-8-15/h2-14H,1H3/b6-5+. The number of rotatable bonds is 5. The molecule has 3 aromatic rings. The van der Waals surface area contributed by atoms with E-state index in [2.05, 4.69) is 0 Å². The molecule has 3 aromatic carbocycles. The molecule has 0 saturated heterocycles. The van der Waals surface area contributed by atoms with Gasteiger partial charge < -0.3 is 4.74 Å². The highest BCUT2D eigenvalue weighted by molar-refractivity contribution is 7.91. The second-order valence-electron chi connectivity index (χ2n) is 5.73. The van der Waals surface area contributed by atoms with Crippen molar-refractivity contribution in [3.8, 4) is 5.75 Å². The fourth-order valence-electron chi connectivity index (χ4n) is 2.51. The second kappa shape index (κ2) is 7.72. The number of hydrogen-bond donors (Lipinski definition) is 0. The van der Waals surface area contributed by atoms with Crippen LogP contribution in [0.15, 0.2) is 76.5 Å². The van der Waals surface area contributed by atoms with Crippen molar-refractivity contribution in [3.05, 3.63) is 89.5 Å². The molecule has 0 aliphatic heterocycles. The van der Waals surface area contributed by atoms with Gasteiger partial charge in [0.25, 0.3) is 0 Å². The van der Waals surface area contributed by atoms with Gasteiger partial charge in [-0.3, -0.25) is 0 Å². The van der Waals surface area contributed by atoms with E-state index in [1.54, 1.807) is 36.4 Å². The average molecular weight is 386 g/mol. The molecule has 0 atom stereocenters. The summed E-state index contributed by atoms with van der Waals surface area (Å²) < 4.78 is 57.5. The lowest BCUT2D eigenvalue weighted by Crippen LogP contribution is -2.05. The van der Waals surface area contributed by atoms with Crippen molar-refractivity contribution in [2.45, 2.75) is 9.79 Å². The van der Waals surface area contributed by atoms with E-state index in [1.165, 1.54) is 49.6 Å². The van der Waals surface area contributed by atoms with E-state index in [4.69, 9.17) is 4.74 Å². The number of ether oxygens (including phenoxy) is 1.